The molecule has 64 valence electrons. The summed E-state index contributed by atoms with van der Waals surface area (Å²) in [6.07, 6.45) is -0.0872. The Morgan fingerprint density at radius 1 is 1.09 bits per heavy atom. The zero-order valence-corrected chi connectivity index (χ0v) is 7.69. The van der Waals surface area contributed by atoms with Crippen molar-refractivity contribution in [2.45, 2.75) is 30.3 Å². The van der Waals surface area contributed by atoms with Gasteiger partial charge in [0.1, 0.15) is 0 Å². The largest absolute Gasteiger partial charge is 0.176 e. The number of nitroso groups, excluding NO2 is 2. The second-order valence-electron chi connectivity index (χ2n) is 2.64. The minimum Gasteiger partial charge on any atom is -0.149 e. The Bertz CT molecular complexity index is 152. The van der Waals surface area contributed by atoms with Crippen LogP contribution in [0.15, 0.2) is 10.4 Å². The van der Waals surface area contributed by atoms with Gasteiger partial charge in [0, 0.05) is 6.42 Å². The highest BCUT2D eigenvalue weighted by atomic mass is 35.5. The standard InChI is InChI=1S/C5H8Cl2N2O2/c1-4(6,8-10)3-5(2,7)9-11/h3H2,1-2H3. The Labute approximate surface area is 74.2 Å². The van der Waals surface area contributed by atoms with Gasteiger partial charge in [0.15, 0.2) is 10.00 Å². The summed E-state index contributed by atoms with van der Waals surface area (Å²) in [5.74, 6) is 0. The highest BCUT2D eigenvalue weighted by molar-refractivity contribution is 6.26. The van der Waals surface area contributed by atoms with Gasteiger partial charge in [-0.05, 0) is 24.2 Å². The fraction of sp³-hybridized carbons (Fsp3) is 1.00. The number of halogens is 2. The van der Waals surface area contributed by atoms with Crippen molar-refractivity contribution in [1.29, 1.82) is 0 Å². The fourth-order valence-electron chi connectivity index (χ4n) is 0.653. The lowest BCUT2D eigenvalue weighted by atomic mass is 10.1. The first-order valence-corrected chi connectivity index (χ1v) is 3.65. The van der Waals surface area contributed by atoms with E-state index in [1.807, 2.05) is 0 Å². The molecule has 0 radical (unpaired) electrons. The first-order chi connectivity index (χ1) is 4.83. The molecule has 0 bridgehead atoms. The number of hydrogen-bond acceptors (Lipinski definition) is 4. The van der Waals surface area contributed by atoms with Crippen molar-refractivity contribution in [1.82, 2.24) is 0 Å². The highest BCUT2D eigenvalue weighted by Gasteiger charge is 2.34. The molecule has 0 rings (SSSR count). The first kappa shape index (κ1) is 10.8. The maximum Gasteiger partial charge on any atom is 0.176 e. The molecule has 0 heterocycles. The van der Waals surface area contributed by atoms with Crippen molar-refractivity contribution in [2.75, 3.05) is 0 Å². The van der Waals surface area contributed by atoms with Gasteiger partial charge >= 0.3 is 0 Å². The van der Waals surface area contributed by atoms with Gasteiger partial charge in [0.2, 0.25) is 0 Å². The predicted octanol–water partition coefficient (Wildman–Crippen LogP) is 2.82. The van der Waals surface area contributed by atoms with Crippen LogP contribution >= 0.6 is 23.2 Å². The monoisotopic (exact) mass is 198 g/mol. The van der Waals surface area contributed by atoms with Crippen molar-refractivity contribution in [3.63, 3.8) is 0 Å². The molecule has 2 atom stereocenters. The Kier molecular flexibility index (Phi) is 3.38. The van der Waals surface area contributed by atoms with Crippen LogP contribution in [-0.4, -0.2) is 10.00 Å². The van der Waals surface area contributed by atoms with Crippen LogP contribution in [0.4, 0.5) is 0 Å². The molecule has 0 aromatic carbocycles. The van der Waals surface area contributed by atoms with Gasteiger partial charge in [-0.1, -0.05) is 23.2 Å². The quantitative estimate of drug-likeness (QED) is 0.397. The van der Waals surface area contributed by atoms with E-state index in [-0.39, 0.29) is 6.42 Å². The zero-order chi connectivity index (χ0) is 9.12. The molecule has 2 unspecified atom stereocenters. The molecular weight excluding hydrogens is 191 g/mol. The third-order valence-corrected chi connectivity index (χ3v) is 1.43. The average molecular weight is 199 g/mol. The van der Waals surface area contributed by atoms with Crippen LogP contribution in [0.1, 0.15) is 20.3 Å². The lowest BCUT2D eigenvalue weighted by molar-refractivity contribution is 0.490. The number of rotatable bonds is 4. The summed E-state index contributed by atoms with van der Waals surface area (Å²) in [5, 5.41) is 5.17. The lowest BCUT2D eigenvalue weighted by Crippen LogP contribution is -2.25. The SMILES string of the molecule is CC(Cl)(CC(C)(Cl)N=O)N=O. The molecule has 6 heteroatoms. The summed E-state index contributed by atoms with van der Waals surface area (Å²) < 4.78 is 0. The lowest BCUT2D eigenvalue weighted by Gasteiger charge is -2.19. The topological polar surface area (TPSA) is 58.9 Å². The van der Waals surface area contributed by atoms with E-state index in [0.717, 1.165) is 0 Å². The molecule has 0 fully saturated rings. The van der Waals surface area contributed by atoms with Gasteiger partial charge in [-0.15, -0.1) is 9.81 Å². The van der Waals surface area contributed by atoms with E-state index < -0.39 is 10.00 Å². The molecule has 11 heavy (non-hydrogen) atoms. The van der Waals surface area contributed by atoms with Crippen LogP contribution in [-0.2, 0) is 0 Å². The van der Waals surface area contributed by atoms with E-state index in [0.29, 0.717) is 0 Å². The summed E-state index contributed by atoms with van der Waals surface area (Å²) in [5.41, 5.74) is 0. The van der Waals surface area contributed by atoms with E-state index in [1.165, 1.54) is 13.8 Å². The average Bonchev–Trinajstić information content (AvgIpc) is 1.86. The number of hydrogen-bond donors (Lipinski definition) is 0. The fourth-order valence-corrected chi connectivity index (χ4v) is 1.24. The third kappa shape index (κ3) is 4.27. The summed E-state index contributed by atoms with van der Waals surface area (Å²) in [6, 6.07) is 0. The number of alkyl halides is 2. The summed E-state index contributed by atoms with van der Waals surface area (Å²) in [4.78, 5) is 17.4. The molecule has 0 N–H and O–H groups in total. The molecule has 0 saturated carbocycles. The molecule has 4 nitrogen and oxygen atoms in total. The van der Waals surface area contributed by atoms with Gasteiger partial charge in [-0.3, -0.25) is 0 Å². The van der Waals surface area contributed by atoms with Gasteiger partial charge < -0.3 is 0 Å². The molecule has 0 saturated heterocycles. The molecule has 0 amide bonds. The smallest absolute Gasteiger partial charge is 0.149 e. The van der Waals surface area contributed by atoms with Crippen LogP contribution in [0.2, 0.25) is 0 Å². The van der Waals surface area contributed by atoms with Crippen molar-refractivity contribution in [2.24, 2.45) is 10.4 Å². The molecule has 0 aliphatic rings. The second-order valence-corrected chi connectivity index (χ2v) is 4.27. The maximum absolute atomic E-state index is 10.0. The predicted molar refractivity (Wildman–Crippen MR) is 44.7 cm³/mol. The summed E-state index contributed by atoms with van der Waals surface area (Å²) in [7, 11) is 0. The Morgan fingerprint density at radius 3 is 1.55 bits per heavy atom. The molecule has 0 aromatic rings. The van der Waals surface area contributed by atoms with Gasteiger partial charge in [-0.25, -0.2) is 0 Å². The van der Waals surface area contributed by atoms with E-state index in [2.05, 4.69) is 10.4 Å². The van der Waals surface area contributed by atoms with Gasteiger partial charge in [0.25, 0.3) is 0 Å². The second kappa shape index (κ2) is 3.45. The minimum atomic E-state index is -1.36. The normalized spacial score (nSPS) is 21.5. The van der Waals surface area contributed by atoms with E-state index in [1.54, 1.807) is 0 Å². The van der Waals surface area contributed by atoms with Crippen LogP contribution < -0.4 is 0 Å². The van der Waals surface area contributed by atoms with Crippen molar-refractivity contribution < 1.29 is 0 Å². The molecular formula is C5H8Cl2N2O2. The van der Waals surface area contributed by atoms with Gasteiger partial charge in [-0.2, -0.15) is 0 Å². The Morgan fingerprint density at radius 2 is 1.36 bits per heavy atom. The van der Waals surface area contributed by atoms with Gasteiger partial charge in [0.05, 0.1) is 0 Å². The first-order valence-electron chi connectivity index (χ1n) is 2.90. The van der Waals surface area contributed by atoms with Crippen molar-refractivity contribution >= 4 is 23.2 Å². The van der Waals surface area contributed by atoms with Crippen LogP contribution in [0.25, 0.3) is 0 Å². The number of nitrogens with zero attached hydrogens (tertiary/aromatic N) is 2. The molecule has 0 spiro atoms. The van der Waals surface area contributed by atoms with Crippen LogP contribution in [0.3, 0.4) is 0 Å². The Balaban J connectivity index is 4.23. The van der Waals surface area contributed by atoms with Crippen LogP contribution in [0, 0.1) is 9.81 Å². The van der Waals surface area contributed by atoms with E-state index >= 15 is 0 Å². The molecule has 0 aromatic heterocycles. The summed E-state index contributed by atoms with van der Waals surface area (Å²) >= 11 is 11.0. The zero-order valence-electron chi connectivity index (χ0n) is 6.17. The van der Waals surface area contributed by atoms with Crippen molar-refractivity contribution in [3.8, 4) is 0 Å². The molecule has 0 aliphatic heterocycles. The van der Waals surface area contributed by atoms with Crippen molar-refractivity contribution in [3.05, 3.63) is 9.81 Å². The summed E-state index contributed by atoms with van der Waals surface area (Å²) in [6.45, 7) is 2.74. The highest BCUT2D eigenvalue weighted by Crippen LogP contribution is 2.32. The van der Waals surface area contributed by atoms with E-state index in [4.69, 9.17) is 23.2 Å². The van der Waals surface area contributed by atoms with E-state index in [9.17, 15) is 9.81 Å². The minimum absolute atomic E-state index is 0.0872. The van der Waals surface area contributed by atoms with Crippen LogP contribution in [0.5, 0.6) is 0 Å². The third-order valence-electron chi connectivity index (χ3n) is 1.03. The maximum atomic E-state index is 10.0. The molecule has 0 aliphatic carbocycles. The Hall–Kier alpha value is -0.220.